The minimum absolute atomic E-state index is 0.0798. The number of hydrogen-bond acceptors (Lipinski definition) is 1. The van der Waals surface area contributed by atoms with Crippen LogP contribution in [0.5, 0.6) is 0 Å². The van der Waals surface area contributed by atoms with Gasteiger partial charge in [0.05, 0.1) is 11.0 Å². The van der Waals surface area contributed by atoms with Gasteiger partial charge in [-0.3, -0.25) is 9.13 Å². The molecule has 0 saturated heterocycles. The summed E-state index contributed by atoms with van der Waals surface area (Å²) in [7, 11) is 3.12. The fourth-order valence-electron chi connectivity index (χ4n) is 1.87. The summed E-state index contributed by atoms with van der Waals surface area (Å²) in [4.78, 5) is 9.93. The van der Waals surface area contributed by atoms with E-state index in [4.69, 9.17) is 0 Å². The van der Waals surface area contributed by atoms with Crippen molar-refractivity contribution in [3.8, 4) is 0 Å². The van der Waals surface area contributed by atoms with Crippen molar-refractivity contribution >= 4 is 27.0 Å². The van der Waals surface area contributed by atoms with Crippen LogP contribution in [0.3, 0.4) is 0 Å². The zero-order valence-electron chi connectivity index (χ0n) is 9.62. The fraction of sp³-hybridized carbons (Fsp3) is 0.364. The fourth-order valence-corrected chi connectivity index (χ4v) is 2.16. The number of alkyl halides is 4. The Bertz CT molecular complexity index is 657. The lowest BCUT2D eigenvalue weighted by Crippen LogP contribution is -2.19. The highest BCUT2D eigenvalue weighted by molar-refractivity contribution is 9.09. The van der Waals surface area contributed by atoms with Gasteiger partial charge in [0.2, 0.25) is 0 Å². The van der Waals surface area contributed by atoms with E-state index in [1.54, 1.807) is 7.05 Å². The summed E-state index contributed by atoms with van der Waals surface area (Å²) < 4.78 is 40.5. The smallest absolute Gasteiger partial charge is 0.295 e. The predicted molar refractivity (Wildman–Crippen MR) is 65.9 cm³/mol. The van der Waals surface area contributed by atoms with E-state index < -0.39 is 11.0 Å². The highest BCUT2D eigenvalue weighted by Gasteiger charge is 2.38. The van der Waals surface area contributed by atoms with Gasteiger partial charge in [0.15, 0.2) is 0 Å². The van der Waals surface area contributed by atoms with Gasteiger partial charge in [0.25, 0.3) is 0 Å². The second-order valence-electron chi connectivity index (χ2n) is 4.05. The number of benzene rings is 1. The van der Waals surface area contributed by atoms with Crippen LogP contribution in [-0.4, -0.2) is 15.3 Å². The molecular formula is C11H10BrF3N2O. The van der Waals surface area contributed by atoms with Crippen LogP contribution in [0.2, 0.25) is 0 Å². The maximum atomic E-state index is 12.6. The second-order valence-corrected chi connectivity index (χ2v) is 4.97. The van der Waals surface area contributed by atoms with Crippen molar-refractivity contribution in [2.24, 2.45) is 14.1 Å². The number of aromatic nitrogens is 2. The average molecular weight is 323 g/mol. The molecule has 0 radical (unpaired) electrons. The summed E-state index contributed by atoms with van der Waals surface area (Å²) in [5, 5.41) is 0. The maximum absolute atomic E-state index is 12.6. The van der Waals surface area contributed by atoms with E-state index in [1.165, 1.54) is 34.4 Å². The van der Waals surface area contributed by atoms with Crippen LogP contribution < -0.4 is 5.69 Å². The minimum Gasteiger partial charge on any atom is -0.295 e. The number of halogens is 4. The molecule has 1 unspecified atom stereocenters. The van der Waals surface area contributed by atoms with Gasteiger partial charge in [-0.15, -0.1) is 0 Å². The molecule has 0 aliphatic rings. The van der Waals surface area contributed by atoms with Crippen LogP contribution in [0.15, 0.2) is 23.0 Å². The van der Waals surface area contributed by atoms with Crippen LogP contribution in [0.1, 0.15) is 10.4 Å². The third-order valence-corrected chi connectivity index (χ3v) is 3.92. The number of imidazole rings is 1. The molecule has 1 atom stereocenters. The van der Waals surface area contributed by atoms with Crippen molar-refractivity contribution < 1.29 is 13.2 Å². The Morgan fingerprint density at radius 1 is 1.17 bits per heavy atom. The molecule has 0 spiro atoms. The van der Waals surface area contributed by atoms with Crippen LogP contribution in [-0.2, 0) is 14.1 Å². The summed E-state index contributed by atoms with van der Waals surface area (Å²) in [6.07, 6.45) is -4.36. The Hall–Kier alpha value is -1.24. The standard InChI is InChI=1S/C11H10BrF3N2O/c1-16-7-4-3-6(9(12)11(13,14)15)5-8(7)17(2)10(16)18/h3-5,9H,1-2H3. The zero-order chi connectivity index (χ0) is 13.7. The summed E-state index contributed by atoms with van der Waals surface area (Å²) in [6.45, 7) is 0. The molecular weight excluding hydrogens is 313 g/mol. The lowest BCUT2D eigenvalue weighted by molar-refractivity contribution is -0.128. The predicted octanol–water partition coefficient (Wildman–Crippen LogP) is 2.88. The van der Waals surface area contributed by atoms with Gasteiger partial charge in [-0.05, 0) is 17.7 Å². The molecule has 7 heteroatoms. The van der Waals surface area contributed by atoms with Gasteiger partial charge >= 0.3 is 11.9 Å². The molecule has 1 heterocycles. The van der Waals surface area contributed by atoms with E-state index in [0.29, 0.717) is 11.0 Å². The van der Waals surface area contributed by atoms with Crippen molar-refractivity contribution in [3.63, 3.8) is 0 Å². The van der Waals surface area contributed by atoms with E-state index in [-0.39, 0.29) is 11.3 Å². The van der Waals surface area contributed by atoms with Gasteiger partial charge in [-0.25, -0.2) is 4.79 Å². The van der Waals surface area contributed by atoms with Crippen LogP contribution in [0.4, 0.5) is 13.2 Å². The molecule has 98 valence electrons. The van der Waals surface area contributed by atoms with Gasteiger partial charge in [0, 0.05) is 14.1 Å². The lowest BCUT2D eigenvalue weighted by Gasteiger charge is -2.14. The number of hydrogen-bond donors (Lipinski definition) is 0. The second kappa shape index (κ2) is 4.15. The van der Waals surface area contributed by atoms with Crippen molar-refractivity contribution in [2.75, 3.05) is 0 Å². The normalized spacial score (nSPS) is 14.1. The molecule has 0 aliphatic heterocycles. The van der Waals surface area contributed by atoms with Crippen molar-refractivity contribution in [2.45, 2.75) is 11.0 Å². The van der Waals surface area contributed by atoms with Crippen LogP contribution >= 0.6 is 15.9 Å². The molecule has 3 nitrogen and oxygen atoms in total. The SMILES string of the molecule is Cn1c(=O)n(C)c2cc(C(Br)C(F)(F)F)ccc21. The molecule has 0 bridgehead atoms. The third-order valence-electron chi connectivity index (χ3n) is 2.88. The number of aryl methyl sites for hydroxylation is 2. The first kappa shape index (κ1) is 13.2. The Balaban J connectivity index is 2.65. The molecule has 1 aromatic carbocycles. The molecule has 0 N–H and O–H groups in total. The lowest BCUT2D eigenvalue weighted by atomic mass is 10.1. The van der Waals surface area contributed by atoms with E-state index in [2.05, 4.69) is 15.9 Å². The molecule has 0 amide bonds. The highest BCUT2D eigenvalue weighted by atomic mass is 79.9. The van der Waals surface area contributed by atoms with Crippen molar-refractivity contribution in [3.05, 3.63) is 34.2 Å². The Labute approximate surface area is 109 Å². The summed E-state index contributed by atoms with van der Waals surface area (Å²) in [5.74, 6) is 0. The Morgan fingerprint density at radius 2 is 1.72 bits per heavy atom. The number of nitrogens with zero attached hydrogens (tertiary/aromatic N) is 2. The first-order valence-corrected chi connectivity index (χ1v) is 6.01. The minimum atomic E-state index is -4.36. The molecule has 2 rings (SSSR count). The Kier molecular flexibility index (Phi) is 3.04. The number of fused-ring (bicyclic) bond motifs is 1. The molecule has 18 heavy (non-hydrogen) atoms. The largest absolute Gasteiger partial charge is 0.405 e. The average Bonchev–Trinajstić information content (AvgIpc) is 2.52. The molecule has 0 aliphatic carbocycles. The van der Waals surface area contributed by atoms with Gasteiger partial charge < -0.3 is 0 Å². The summed E-state index contributed by atoms with van der Waals surface area (Å²) in [6, 6.07) is 4.27. The quantitative estimate of drug-likeness (QED) is 0.742. The maximum Gasteiger partial charge on any atom is 0.405 e. The first-order chi connectivity index (χ1) is 8.23. The third kappa shape index (κ3) is 1.96. The topological polar surface area (TPSA) is 26.9 Å². The van der Waals surface area contributed by atoms with E-state index in [1.807, 2.05) is 0 Å². The van der Waals surface area contributed by atoms with E-state index in [9.17, 15) is 18.0 Å². The molecule has 1 aromatic heterocycles. The van der Waals surface area contributed by atoms with Crippen LogP contribution in [0.25, 0.3) is 11.0 Å². The van der Waals surface area contributed by atoms with Crippen molar-refractivity contribution in [1.82, 2.24) is 9.13 Å². The van der Waals surface area contributed by atoms with Crippen molar-refractivity contribution in [1.29, 1.82) is 0 Å². The zero-order valence-corrected chi connectivity index (χ0v) is 11.2. The molecule has 2 aromatic rings. The van der Waals surface area contributed by atoms with Gasteiger partial charge in [-0.1, -0.05) is 22.0 Å². The molecule has 0 fully saturated rings. The monoisotopic (exact) mass is 322 g/mol. The number of rotatable bonds is 1. The van der Waals surface area contributed by atoms with Crippen LogP contribution in [0, 0.1) is 0 Å². The Morgan fingerprint density at radius 3 is 2.28 bits per heavy atom. The molecule has 0 saturated carbocycles. The summed E-state index contributed by atoms with van der Waals surface area (Å²) >= 11 is 2.62. The van der Waals surface area contributed by atoms with E-state index >= 15 is 0 Å². The van der Waals surface area contributed by atoms with Gasteiger partial charge in [0.1, 0.15) is 4.83 Å². The first-order valence-electron chi connectivity index (χ1n) is 5.09. The van der Waals surface area contributed by atoms with Gasteiger partial charge in [-0.2, -0.15) is 13.2 Å². The van der Waals surface area contributed by atoms with E-state index in [0.717, 1.165) is 0 Å². The highest BCUT2D eigenvalue weighted by Crippen LogP contribution is 2.40. The summed E-state index contributed by atoms with van der Waals surface area (Å²) in [5.41, 5.74) is 0.901.